The van der Waals surface area contributed by atoms with Gasteiger partial charge in [0.25, 0.3) is 0 Å². The quantitative estimate of drug-likeness (QED) is 0.0618. The van der Waals surface area contributed by atoms with Gasteiger partial charge in [-0.1, -0.05) is 30.3 Å². The molecule has 1 aromatic rings. The molecule has 1 aromatic carbocycles. The number of primary amides is 1. The van der Waals surface area contributed by atoms with Gasteiger partial charge in [0, 0.05) is 0 Å². The van der Waals surface area contributed by atoms with E-state index in [9.17, 15) is 38.7 Å². The number of benzene rings is 1. The van der Waals surface area contributed by atoms with Crippen LogP contribution in [0.4, 0.5) is 0 Å². The van der Waals surface area contributed by atoms with Crippen LogP contribution in [0.25, 0.3) is 0 Å². The molecule has 0 unspecified atom stereocenters. The molecule has 0 aliphatic rings. The van der Waals surface area contributed by atoms with Gasteiger partial charge in [0.15, 0.2) is 0 Å². The number of amides is 7. The first kappa shape index (κ1) is 37.4. The fraction of sp³-hybridized carbons (Fsp3) is 0.519. The minimum atomic E-state index is -1.45. The van der Waals surface area contributed by atoms with Crippen LogP contribution in [0.3, 0.4) is 0 Å². The average Bonchev–Trinajstić information content (AvgIpc) is 2.98. The van der Waals surface area contributed by atoms with Crippen LogP contribution in [0, 0.1) is 0 Å². The highest BCUT2D eigenvalue weighted by molar-refractivity contribution is 5.94. The van der Waals surface area contributed by atoms with Crippen LogP contribution in [0.5, 0.6) is 0 Å². The second-order valence-electron chi connectivity index (χ2n) is 9.88. The molecule has 44 heavy (non-hydrogen) atoms. The molecule has 4 atom stereocenters. The standard InChI is InChI=1S/C27H43N9O8/c1-16(37)24(36-23(41)15-33-26(43)18(29)11-17-7-3-2-4-8-17)27(44)34-13-21(39)31-12-20(38)32-14-22(40)35-19(25(30)42)9-5-6-10-28/h2-4,7-8,16,18-19,24,37H,5-6,9-15,28-29H2,1H3,(H2,30,42)(H,31,39)(H,32,38)(H,33,43)(H,34,44)(H,35,40)(H,36,41)/t16-,18+,19+,24+/m1/s1. The number of carbonyl (C=O) groups excluding carboxylic acids is 7. The number of hydrogen-bond donors (Lipinski definition) is 10. The molecule has 17 nitrogen and oxygen atoms in total. The number of aliphatic hydroxyl groups is 1. The molecule has 0 saturated heterocycles. The number of rotatable bonds is 20. The topological polar surface area (TPSA) is 290 Å². The molecule has 17 heteroatoms. The third-order valence-corrected chi connectivity index (χ3v) is 6.08. The summed E-state index contributed by atoms with van der Waals surface area (Å²) in [6, 6.07) is 5.76. The average molecular weight is 622 g/mol. The Balaban J connectivity index is 2.39. The zero-order chi connectivity index (χ0) is 33.1. The summed E-state index contributed by atoms with van der Waals surface area (Å²) in [4.78, 5) is 84.5. The lowest BCUT2D eigenvalue weighted by atomic mass is 10.1. The molecule has 13 N–H and O–H groups in total. The molecule has 244 valence electrons. The third kappa shape index (κ3) is 15.6. The van der Waals surface area contributed by atoms with Crippen molar-refractivity contribution in [1.82, 2.24) is 31.9 Å². The Morgan fingerprint density at radius 1 is 0.750 bits per heavy atom. The second kappa shape index (κ2) is 20.3. The van der Waals surface area contributed by atoms with Gasteiger partial charge >= 0.3 is 0 Å². The lowest BCUT2D eigenvalue weighted by Gasteiger charge is -2.21. The summed E-state index contributed by atoms with van der Waals surface area (Å²) in [6.07, 6.45) is 0.417. The van der Waals surface area contributed by atoms with Gasteiger partial charge in [-0.25, -0.2) is 0 Å². The largest absolute Gasteiger partial charge is 0.391 e. The van der Waals surface area contributed by atoms with Crippen LogP contribution < -0.4 is 49.1 Å². The van der Waals surface area contributed by atoms with E-state index in [2.05, 4.69) is 31.9 Å². The second-order valence-corrected chi connectivity index (χ2v) is 9.88. The van der Waals surface area contributed by atoms with Crippen molar-refractivity contribution < 1.29 is 38.7 Å². The van der Waals surface area contributed by atoms with Gasteiger partial charge in [-0.2, -0.15) is 0 Å². The number of nitrogens with one attached hydrogen (secondary N) is 6. The zero-order valence-corrected chi connectivity index (χ0v) is 24.6. The van der Waals surface area contributed by atoms with E-state index in [1.165, 1.54) is 6.92 Å². The van der Waals surface area contributed by atoms with Gasteiger partial charge in [0.2, 0.25) is 41.4 Å². The van der Waals surface area contributed by atoms with E-state index < -0.39 is 91.8 Å². The molecule has 0 aliphatic carbocycles. The molecule has 0 bridgehead atoms. The van der Waals surface area contributed by atoms with Crippen molar-refractivity contribution in [1.29, 1.82) is 0 Å². The summed E-state index contributed by atoms with van der Waals surface area (Å²) in [5, 5.41) is 23.7. The molecule has 1 rings (SSSR count). The molecule has 0 radical (unpaired) electrons. The van der Waals surface area contributed by atoms with Crippen molar-refractivity contribution in [3.8, 4) is 0 Å². The first-order valence-corrected chi connectivity index (χ1v) is 14.0. The Hall–Kier alpha value is -4.61. The molecule has 0 fully saturated rings. The molecule has 7 amide bonds. The van der Waals surface area contributed by atoms with Crippen LogP contribution in [0.1, 0.15) is 31.7 Å². The van der Waals surface area contributed by atoms with Crippen LogP contribution in [-0.2, 0) is 40.0 Å². The maximum Gasteiger partial charge on any atom is 0.245 e. The highest BCUT2D eigenvalue weighted by Gasteiger charge is 2.26. The summed E-state index contributed by atoms with van der Waals surface area (Å²) >= 11 is 0. The maximum atomic E-state index is 12.5. The third-order valence-electron chi connectivity index (χ3n) is 6.08. The molecule has 0 aromatic heterocycles. The number of nitrogens with two attached hydrogens (primary N) is 3. The van der Waals surface area contributed by atoms with Gasteiger partial charge < -0.3 is 54.2 Å². The summed E-state index contributed by atoms with van der Waals surface area (Å²) in [7, 11) is 0. The van der Waals surface area contributed by atoms with Crippen molar-refractivity contribution in [2.24, 2.45) is 17.2 Å². The lowest BCUT2D eigenvalue weighted by Crippen LogP contribution is -2.56. The normalized spacial score (nSPS) is 13.3. The van der Waals surface area contributed by atoms with Crippen molar-refractivity contribution >= 4 is 41.4 Å². The zero-order valence-electron chi connectivity index (χ0n) is 24.6. The van der Waals surface area contributed by atoms with Gasteiger partial charge in [0.05, 0.1) is 38.3 Å². The Morgan fingerprint density at radius 2 is 1.27 bits per heavy atom. The van der Waals surface area contributed by atoms with Gasteiger partial charge in [0.1, 0.15) is 12.1 Å². The summed E-state index contributed by atoms with van der Waals surface area (Å²) in [6.45, 7) is -0.439. The smallest absolute Gasteiger partial charge is 0.245 e. The highest BCUT2D eigenvalue weighted by Crippen LogP contribution is 2.02. The molecule has 0 heterocycles. The van der Waals surface area contributed by atoms with Gasteiger partial charge in [-0.15, -0.1) is 0 Å². The first-order valence-electron chi connectivity index (χ1n) is 14.0. The molecule has 0 aliphatic heterocycles. The summed E-state index contributed by atoms with van der Waals surface area (Å²) in [5.74, 6) is -5.15. The van der Waals surface area contributed by atoms with Crippen molar-refractivity contribution in [3.05, 3.63) is 35.9 Å². The van der Waals surface area contributed by atoms with E-state index >= 15 is 0 Å². The minimum Gasteiger partial charge on any atom is -0.391 e. The fourth-order valence-corrected chi connectivity index (χ4v) is 3.67. The summed E-state index contributed by atoms with van der Waals surface area (Å²) in [5.41, 5.74) is 17.4. The van der Waals surface area contributed by atoms with Crippen molar-refractivity contribution in [3.63, 3.8) is 0 Å². The number of hydrogen-bond acceptors (Lipinski definition) is 10. The Bertz CT molecular complexity index is 1130. The van der Waals surface area contributed by atoms with Crippen LogP contribution in [0.2, 0.25) is 0 Å². The lowest BCUT2D eigenvalue weighted by molar-refractivity contribution is -0.133. The van der Waals surface area contributed by atoms with E-state index in [0.717, 1.165) is 5.56 Å². The Labute approximate surface area is 254 Å². The fourth-order valence-electron chi connectivity index (χ4n) is 3.67. The predicted molar refractivity (Wildman–Crippen MR) is 158 cm³/mol. The minimum absolute atomic E-state index is 0.249. The Morgan fingerprint density at radius 3 is 1.84 bits per heavy atom. The SMILES string of the molecule is C[C@@H](O)[C@H](NC(=O)CNC(=O)[C@@H](N)Cc1ccccc1)C(=O)NCC(=O)NCC(=O)NCC(=O)N[C@@H](CCCCN)C(N)=O. The number of unbranched alkanes of at least 4 members (excludes halogenated alkanes) is 1. The predicted octanol–water partition coefficient (Wildman–Crippen LogP) is -5.01. The van der Waals surface area contributed by atoms with Crippen molar-refractivity contribution in [2.75, 3.05) is 32.7 Å². The number of aliphatic hydroxyl groups excluding tert-OH is 1. The first-order chi connectivity index (χ1) is 20.8. The van der Waals surface area contributed by atoms with Crippen LogP contribution in [0.15, 0.2) is 30.3 Å². The van der Waals surface area contributed by atoms with E-state index in [1.807, 2.05) is 6.07 Å². The molecule has 0 saturated carbocycles. The molecular formula is C27H43N9O8. The summed E-state index contributed by atoms with van der Waals surface area (Å²) < 4.78 is 0. The van der Waals surface area contributed by atoms with Gasteiger partial charge in [-0.05, 0) is 44.7 Å². The molecular weight excluding hydrogens is 578 g/mol. The molecule has 0 spiro atoms. The van der Waals surface area contributed by atoms with E-state index in [-0.39, 0.29) is 6.42 Å². The van der Waals surface area contributed by atoms with Crippen LogP contribution in [-0.4, -0.2) is 103 Å². The van der Waals surface area contributed by atoms with Gasteiger partial charge in [-0.3, -0.25) is 33.6 Å². The number of carbonyl (C=O) groups is 7. The Kier molecular flexibility index (Phi) is 17.3. The van der Waals surface area contributed by atoms with E-state index in [0.29, 0.717) is 25.8 Å². The highest BCUT2D eigenvalue weighted by atomic mass is 16.3. The van der Waals surface area contributed by atoms with Crippen molar-refractivity contribution in [2.45, 2.75) is 56.8 Å². The van der Waals surface area contributed by atoms with Crippen LogP contribution >= 0.6 is 0 Å². The van der Waals surface area contributed by atoms with E-state index in [4.69, 9.17) is 17.2 Å². The maximum absolute atomic E-state index is 12.5. The monoisotopic (exact) mass is 621 g/mol. The van der Waals surface area contributed by atoms with E-state index in [1.54, 1.807) is 24.3 Å².